The Balaban J connectivity index is 1.99. The summed E-state index contributed by atoms with van der Waals surface area (Å²) >= 11 is 0. The standard InChI is InChI=1S/C13H19N3O/c14-9-10-3-1-2-4-12(10)13(17)16-11-5-7-15-8-6-11/h5-8,10,12H,1-4,9,14H2,(H,15,16,17). The molecule has 0 radical (unpaired) electrons. The van der Waals surface area contributed by atoms with E-state index in [-0.39, 0.29) is 11.8 Å². The summed E-state index contributed by atoms with van der Waals surface area (Å²) in [4.78, 5) is 16.1. The maximum absolute atomic E-state index is 12.1. The van der Waals surface area contributed by atoms with Crippen LogP contribution in [0.15, 0.2) is 24.5 Å². The Labute approximate surface area is 102 Å². The Morgan fingerprint density at radius 3 is 2.76 bits per heavy atom. The number of nitrogens with one attached hydrogen (secondary N) is 1. The Morgan fingerprint density at radius 1 is 1.35 bits per heavy atom. The molecule has 4 nitrogen and oxygen atoms in total. The predicted octanol–water partition coefficient (Wildman–Crippen LogP) is 1.79. The first-order chi connectivity index (χ1) is 8.31. The first-order valence-electron chi connectivity index (χ1n) is 6.22. The van der Waals surface area contributed by atoms with Crippen LogP contribution in [0.3, 0.4) is 0 Å². The zero-order valence-corrected chi connectivity index (χ0v) is 9.93. The van der Waals surface area contributed by atoms with Crippen LogP contribution in [0.2, 0.25) is 0 Å². The molecule has 4 heteroatoms. The van der Waals surface area contributed by atoms with Gasteiger partial charge in [-0.3, -0.25) is 9.78 Å². The molecule has 1 aromatic rings. The number of aromatic nitrogens is 1. The van der Waals surface area contributed by atoms with Gasteiger partial charge < -0.3 is 11.1 Å². The molecule has 0 aromatic carbocycles. The van der Waals surface area contributed by atoms with Crippen LogP contribution in [-0.4, -0.2) is 17.4 Å². The van der Waals surface area contributed by atoms with E-state index in [1.807, 2.05) is 0 Å². The number of rotatable bonds is 3. The van der Waals surface area contributed by atoms with Crippen molar-refractivity contribution in [3.05, 3.63) is 24.5 Å². The van der Waals surface area contributed by atoms with Gasteiger partial charge in [0.1, 0.15) is 0 Å². The first-order valence-corrected chi connectivity index (χ1v) is 6.22. The summed E-state index contributed by atoms with van der Waals surface area (Å²) in [5, 5.41) is 2.94. The summed E-state index contributed by atoms with van der Waals surface area (Å²) in [5.41, 5.74) is 6.55. The molecule has 1 heterocycles. The molecular weight excluding hydrogens is 214 g/mol. The Kier molecular flexibility index (Phi) is 4.09. The molecule has 2 rings (SSSR count). The van der Waals surface area contributed by atoms with Gasteiger partial charge in [0.05, 0.1) is 0 Å². The van der Waals surface area contributed by atoms with Crippen LogP contribution >= 0.6 is 0 Å². The number of hydrogen-bond acceptors (Lipinski definition) is 3. The molecule has 1 aliphatic rings. The van der Waals surface area contributed by atoms with Gasteiger partial charge in [-0.2, -0.15) is 0 Å². The predicted molar refractivity (Wildman–Crippen MR) is 67.4 cm³/mol. The topological polar surface area (TPSA) is 68.0 Å². The smallest absolute Gasteiger partial charge is 0.227 e. The molecule has 1 aromatic heterocycles. The van der Waals surface area contributed by atoms with Gasteiger partial charge in [0.2, 0.25) is 5.91 Å². The molecule has 2 atom stereocenters. The van der Waals surface area contributed by atoms with Crippen molar-refractivity contribution >= 4 is 11.6 Å². The van der Waals surface area contributed by atoms with Crippen LogP contribution in [0.1, 0.15) is 25.7 Å². The lowest BCUT2D eigenvalue weighted by molar-refractivity contribution is -0.122. The third-order valence-corrected chi connectivity index (χ3v) is 3.50. The second-order valence-electron chi connectivity index (χ2n) is 4.61. The maximum atomic E-state index is 12.1. The van der Waals surface area contributed by atoms with Crippen LogP contribution in [0, 0.1) is 11.8 Å². The van der Waals surface area contributed by atoms with Gasteiger partial charge in [0, 0.05) is 24.0 Å². The molecule has 92 valence electrons. The van der Waals surface area contributed by atoms with E-state index in [0.717, 1.165) is 24.9 Å². The van der Waals surface area contributed by atoms with Crippen LogP contribution in [0.4, 0.5) is 5.69 Å². The summed E-state index contributed by atoms with van der Waals surface area (Å²) in [6.07, 6.45) is 7.71. The fourth-order valence-electron chi connectivity index (χ4n) is 2.51. The van der Waals surface area contributed by atoms with Crippen molar-refractivity contribution in [3.63, 3.8) is 0 Å². The Bertz CT molecular complexity index is 366. The number of nitrogens with zero attached hydrogens (tertiary/aromatic N) is 1. The van der Waals surface area contributed by atoms with Crippen LogP contribution in [-0.2, 0) is 4.79 Å². The average molecular weight is 233 g/mol. The minimum atomic E-state index is 0.0712. The number of anilines is 1. The molecule has 1 fully saturated rings. The monoisotopic (exact) mass is 233 g/mol. The van der Waals surface area contributed by atoms with Gasteiger partial charge in [-0.25, -0.2) is 0 Å². The summed E-state index contributed by atoms with van der Waals surface area (Å²) < 4.78 is 0. The van der Waals surface area contributed by atoms with Crippen molar-refractivity contribution in [3.8, 4) is 0 Å². The third kappa shape index (κ3) is 3.03. The van der Waals surface area contributed by atoms with E-state index in [4.69, 9.17) is 5.73 Å². The lowest BCUT2D eigenvalue weighted by atomic mass is 9.79. The maximum Gasteiger partial charge on any atom is 0.227 e. The minimum absolute atomic E-state index is 0.0712. The van der Waals surface area contributed by atoms with Crippen molar-refractivity contribution in [1.29, 1.82) is 0 Å². The minimum Gasteiger partial charge on any atom is -0.330 e. The molecule has 0 aliphatic heterocycles. The number of pyridine rings is 1. The van der Waals surface area contributed by atoms with E-state index < -0.39 is 0 Å². The van der Waals surface area contributed by atoms with Crippen molar-refractivity contribution in [1.82, 2.24) is 4.98 Å². The van der Waals surface area contributed by atoms with Gasteiger partial charge >= 0.3 is 0 Å². The van der Waals surface area contributed by atoms with Crippen molar-refractivity contribution < 1.29 is 4.79 Å². The van der Waals surface area contributed by atoms with Crippen molar-refractivity contribution in [2.75, 3.05) is 11.9 Å². The first kappa shape index (κ1) is 12.0. The van der Waals surface area contributed by atoms with Gasteiger partial charge in [0.25, 0.3) is 0 Å². The lowest BCUT2D eigenvalue weighted by Crippen LogP contribution is -2.35. The molecule has 1 aliphatic carbocycles. The number of carbonyl (C=O) groups excluding carboxylic acids is 1. The van der Waals surface area contributed by atoms with Gasteiger partial charge in [0.15, 0.2) is 0 Å². The van der Waals surface area contributed by atoms with Crippen LogP contribution in [0.25, 0.3) is 0 Å². The highest BCUT2D eigenvalue weighted by Crippen LogP contribution is 2.30. The summed E-state index contributed by atoms with van der Waals surface area (Å²) in [6.45, 7) is 0.606. The Hall–Kier alpha value is -1.42. The average Bonchev–Trinajstić information content (AvgIpc) is 2.40. The number of hydrogen-bond donors (Lipinski definition) is 2. The van der Waals surface area contributed by atoms with Gasteiger partial charge in [-0.05, 0) is 37.4 Å². The van der Waals surface area contributed by atoms with E-state index >= 15 is 0 Å². The van der Waals surface area contributed by atoms with Crippen LogP contribution in [0.5, 0.6) is 0 Å². The van der Waals surface area contributed by atoms with Gasteiger partial charge in [-0.1, -0.05) is 12.8 Å². The van der Waals surface area contributed by atoms with E-state index in [2.05, 4.69) is 10.3 Å². The molecular formula is C13H19N3O. The second kappa shape index (κ2) is 5.77. The molecule has 1 amide bonds. The highest BCUT2D eigenvalue weighted by atomic mass is 16.1. The van der Waals surface area contributed by atoms with Crippen molar-refractivity contribution in [2.24, 2.45) is 17.6 Å². The second-order valence-corrected chi connectivity index (χ2v) is 4.61. The molecule has 3 N–H and O–H groups in total. The fraction of sp³-hybridized carbons (Fsp3) is 0.538. The van der Waals surface area contributed by atoms with E-state index in [1.165, 1.54) is 6.42 Å². The van der Waals surface area contributed by atoms with Gasteiger partial charge in [-0.15, -0.1) is 0 Å². The summed E-state index contributed by atoms with van der Waals surface area (Å²) in [6, 6.07) is 3.61. The zero-order valence-electron chi connectivity index (χ0n) is 9.93. The quantitative estimate of drug-likeness (QED) is 0.836. The summed E-state index contributed by atoms with van der Waals surface area (Å²) in [5.74, 6) is 0.513. The molecule has 17 heavy (non-hydrogen) atoms. The molecule has 0 spiro atoms. The van der Waals surface area contributed by atoms with E-state index in [1.54, 1.807) is 24.5 Å². The van der Waals surface area contributed by atoms with E-state index in [0.29, 0.717) is 12.5 Å². The SMILES string of the molecule is NCC1CCCCC1C(=O)Nc1ccncc1. The highest BCUT2D eigenvalue weighted by molar-refractivity contribution is 5.92. The fourth-order valence-corrected chi connectivity index (χ4v) is 2.51. The lowest BCUT2D eigenvalue weighted by Gasteiger charge is -2.29. The zero-order chi connectivity index (χ0) is 12.1. The van der Waals surface area contributed by atoms with E-state index in [9.17, 15) is 4.79 Å². The molecule has 2 unspecified atom stereocenters. The Morgan fingerprint density at radius 2 is 2.06 bits per heavy atom. The number of nitrogens with two attached hydrogens (primary N) is 1. The molecule has 0 bridgehead atoms. The number of amides is 1. The number of carbonyl (C=O) groups is 1. The third-order valence-electron chi connectivity index (χ3n) is 3.50. The highest BCUT2D eigenvalue weighted by Gasteiger charge is 2.29. The van der Waals surface area contributed by atoms with Crippen molar-refractivity contribution in [2.45, 2.75) is 25.7 Å². The van der Waals surface area contributed by atoms with Crippen LogP contribution < -0.4 is 11.1 Å². The molecule has 0 saturated heterocycles. The largest absolute Gasteiger partial charge is 0.330 e. The summed E-state index contributed by atoms with van der Waals surface area (Å²) in [7, 11) is 0. The molecule has 1 saturated carbocycles. The normalized spacial score (nSPS) is 24.3.